The lowest BCUT2D eigenvalue weighted by Gasteiger charge is -2.42. The lowest BCUT2D eigenvalue weighted by molar-refractivity contribution is -0.160. The summed E-state index contributed by atoms with van der Waals surface area (Å²) in [6.07, 6.45) is 4.02. The van der Waals surface area contributed by atoms with E-state index >= 15 is 0 Å². The molecular weight excluding hydrogens is 332 g/mol. The highest BCUT2D eigenvalue weighted by Gasteiger charge is 2.41. The Hall–Kier alpha value is -1.45. The van der Waals surface area contributed by atoms with E-state index in [4.69, 9.17) is 4.74 Å². The number of carbonyl (C=O) groups is 1. The quantitative estimate of drug-likeness (QED) is 0.773. The Morgan fingerprint density at radius 3 is 2.62 bits per heavy atom. The number of rotatable bonds is 3. The smallest absolute Gasteiger partial charge is 0.262 e. The lowest BCUT2D eigenvalue weighted by atomic mass is 10.0. The highest BCUT2D eigenvalue weighted by atomic mass is 32.2. The maximum Gasteiger partial charge on any atom is 0.262 e. The van der Waals surface area contributed by atoms with Gasteiger partial charge in [-0.3, -0.25) is 4.79 Å². The van der Waals surface area contributed by atoms with Gasteiger partial charge in [-0.25, -0.2) is 13.4 Å². The molecule has 0 aromatic carbocycles. The molecule has 0 saturated carbocycles. The van der Waals surface area contributed by atoms with Crippen LogP contribution in [0.1, 0.15) is 26.7 Å². The number of carbonyl (C=O) groups excluding carboxylic acids is 1. The van der Waals surface area contributed by atoms with Crippen molar-refractivity contribution in [1.82, 2.24) is 18.8 Å². The second-order valence-corrected chi connectivity index (χ2v) is 8.56. The average molecular weight is 356 g/mol. The molecule has 3 heterocycles. The zero-order valence-corrected chi connectivity index (χ0v) is 15.1. The molecule has 2 saturated heterocycles. The number of imidazole rings is 1. The standard InChI is InChI=1S/C15H24N4O4S/c1-11(2)19-12-4-6-18(7-5-13(12)23-9-15(19)20)24(21,22)14-8-17(3)10-16-14/h8,10-13H,4-7,9H2,1-3H3/t12-,13-/m0/s1. The molecule has 0 unspecified atom stereocenters. The monoisotopic (exact) mass is 356 g/mol. The number of sulfonamides is 1. The molecular formula is C15H24N4O4S. The molecule has 0 bridgehead atoms. The van der Waals surface area contributed by atoms with Crippen molar-refractivity contribution in [2.24, 2.45) is 7.05 Å². The fourth-order valence-corrected chi connectivity index (χ4v) is 4.99. The van der Waals surface area contributed by atoms with E-state index in [-0.39, 0.29) is 35.7 Å². The third kappa shape index (κ3) is 3.07. The normalized spacial score (nSPS) is 26.5. The molecule has 0 N–H and O–H groups in total. The molecule has 2 fully saturated rings. The first-order valence-corrected chi connectivity index (χ1v) is 9.65. The second kappa shape index (κ2) is 6.45. The van der Waals surface area contributed by atoms with Crippen molar-refractivity contribution in [3.05, 3.63) is 12.5 Å². The summed E-state index contributed by atoms with van der Waals surface area (Å²) in [7, 11) is -1.88. The Balaban J connectivity index is 1.81. The first-order chi connectivity index (χ1) is 11.3. The molecule has 2 atom stereocenters. The summed E-state index contributed by atoms with van der Waals surface area (Å²) in [5.41, 5.74) is 0. The van der Waals surface area contributed by atoms with Crippen LogP contribution in [0.4, 0.5) is 0 Å². The van der Waals surface area contributed by atoms with Gasteiger partial charge in [-0.2, -0.15) is 4.31 Å². The Kier molecular flexibility index (Phi) is 4.67. The summed E-state index contributed by atoms with van der Waals surface area (Å²) in [6.45, 7) is 4.77. The van der Waals surface area contributed by atoms with Crippen LogP contribution in [0.2, 0.25) is 0 Å². The number of hydrogen-bond donors (Lipinski definition) is 0. The minimum Gasteiger partial charge on any atom is -0.366 e. The molecule has 2 aliphatic rings. The third-order valence-corrected chi connectivity index (χ3v) is 6.46. The fourth-order valence-electron chi connectivity index (χ4n) is 3.55. The Morgan fingerprint density at radius 2 is 2.00 bits per heavy atom. The zero-order chi connectivity index (χ0) is 17.5. The van der Waals surface area contributed by atoms with Gasteiger partial charge in [0, 0.05) is 32.4 Å². The van der Waals surface area contributed by atoms with Crippen LogP contribution in [0.5, 0.6) is 0 Å². The van der Waals surface area contributed by atoms with Crippen LogP contribution in [-0.4, -0.2) is 71.0 Å². The Labute approximate surface area is 142 Å². The molecule has 0 aliphatic carbocycles. The summed E-state index contributed by atoms with van der Waals surface area (Å²) in [4.78, 5) is 18.0. The minimum absolute atomic E-state index is 0.0210. The molecule has 0 spiro atoms. The van der Waals surface area contributed by atoms with E-state index in [9.17, 15) is 13.2 Å². The first-order valence-electron chi connectivity index (χ1n) is 8.21. The van der Waals surface area contributed by atoms with Crippen molar-refractivity contribution in [3.63, 3.8) is 0 Å². The topological polar surface area (TPSA) is 84.7 Å². The molecule has 8 nitrogen and oxygen atoms in total. The van der Waals surface area contributed by atoms with Gasteiger partial charge in [-0.15, -0.1) is 0 Å². The Morgan fingerprint density at radius 1 is 1.29 bits per heavy atom. The van der Waals surface area contributed by atoms with Crippen molar-refractivity contribution in [2.75, 3.05) is 19.7 Å². The minimum atomic E-state index is -3.62. The van der Waals surface area contributed by atoms with E-state index in [1.165, 1.54) is 16.8 Å². The summed E-state index contributed by atoms with van der Waals surface area (Å²) in [6, 6.07) is 0.00281. The number of hydrogen-bond acceptors (Lipinski definition) is 5. The summed E-state index contributed by atoms with van der Waals surface area (Å²) < 4.78 is 34.3. The molecule has 1 amide bonds. The zero-order valence-electron chi connectivity index (χ0n) is 14.3. The molecule has 0 radical (unpaired) electrons. The van der Waals surface area contributed by atoms with Gasteiger partial charge in [-0.05, 0) is 26.7 Å². The van der Waals surface area contributed by atoms with E-state index in [0.717, 1.165) is 0 Å². The van der Waals surface area contributed by atoms with Crippen LogP contribution >= 0.6 is 0 Å². The van der Waals surface area contributed by atoms with E-state index in [1.807, 2.05) is 18.7 Å². The van der Waals surface area contributed by atoms with Gasteiger partial charge in [0.1, 0.15) is 6.61 Å². The third-order valence-electron chi connectivity index (χ3n) is 4.67. The van der Waals surface area contributed by atoms with Gasteiger partial charge < -0.3 is 14.2 Å². The number of fused-ring (bicyclic) bond motifs is 1. The van der Waals surface area contributed by atoms with Crippen molar-refractivity contribution >= 4 is 15.9 Å². The number of morpholine rings is 1. The predicted octanol–water partition coefficient (Wildman–Crippen LogP) is 0.209. The second-order valence-electron chi connectivity index (χ2n) is 6.67. The lowest BCUT2D eigenvalue weighted by Crippen LogP contribution is -2.56. The predicted molar refractivity (Wildman–Crippen MR) is 86.7 cm³/mol. The summed E-state index contributed by atoms with van der Waals surface area (Å²) in [5.74, 6) is -0.0210. The van der Waals surface area contributed by atoms with Gasteiger partial charge >= 0.3 is 0 Å². The van der Waals surface area contributed by atoms with Crippen molar-refractivity contribution in [1.29, 1.82) is 0 Å². The number of amides is 1. The van der Waals surface area contributed by atoms with Crippen molar-refractivity contribution in [2.45, 2.75) is 49.9 Å². The van der Waals surface area contributed by atoms with Crippen molar-refractivity contribution in [3.8, 4) is 0 Å². The van der Waals surface area contributed by atoms with Gasteiger partial charge in [0.15, 0.2) is 5.03 Å². The number of aromatic nitrogens is 2. The van der Waals surface area contributed by atoms with Gasteiger partial charge in [0.25, 0.3) is 10.0 Å². The van der Waals surface area contributed by atoms with Crippen molar-refractivity contribution < 1.29 is 17.9 Å². The number of aryl methyl sites for hydroxylation is 1. The van der Waals surface area contributed by atoms with Gasteiger partial charge in [0.2, 0.25) is 5.91 Å². The summed E-state index contributed by atoms with van der Waals surface area (Å²) in [5, 5.41) is 0.0626. The fraction of sp³-hybridized carbons (Fsp3) is 0.733. The SMILES string of the molecule is CC(C)N1C(=O)CO[C@H]2CCN(S(=O)(=O)c3cn(C)cn3)CC[C@@H]21. The maximum atomic E-state index is 12.8. The summed E-state index contributed by atoms with van der Waals surface area (Å²) >= 11 is 0. The van der Waals surface area contributed by atoms with Crippen LogP contribution in [0.25, 0.3) is 0 Å². The highest BCUT2D eigenvalue weighted by Crippen LogP contribution is 2.28. The molecule has 1 aromatic heterocycles. The molecule has 3 rings (SSSR count). The largest absolute Gasteiger partial charge is 0.366 e. The molecule has 9 heteroatoms. The Bertz CT molecular complexity index is 715. The van der Waals surface area contributed by atoms with Crippen LogP contribution in [-0.2, 0) is 26.6 Å². The van der Waals surface area contributed by atoms with Gasteiger partial charge in [-0.1, -0.05) is 0 Å². The van der Waals surface area contributed by atoms with E-state index in [1.54, 1.807) is 11.6 Å². The van der Waals surface area contributed by atoms with E-state index in [2.05, 4.69) is 4.98 Å². The average Bonchev–Trinajstić information content (AvgIpc) is 2.83. The highest BCUT2D eigenvalue weighted by molar-refractivity contribution is 7.89. The van der Waals surface area contributed by atoms with Crippen LogP contribution in [0.15, 0.2) is 17.6 Å². The molecule has 134 valence electrons. The molecule has 24 heavy (non-hydrogen) atoms. The molecule has 1 aromatic rings. The van der Waals surface area contributed by atoms with Crippen LogP contribution < -0.4 is 0 Å². The molecule has 2 aliphatic heterocycles. The van der Waals surface area contributed by atoms with Gasteiger partial charge in [0.05, 0.1) is 18.5 Å². The maximum absolute atomic E-state index is 12.8. The number of nitrogens with zero attached hydrogens (tertiary/aromatic N) is 4. The first kappa shape index (κ1) is 17.4. The number of ether oxygens (including phenoxy) is 1. The van der Waals surface area contributed by atoms with E-state index in [0.29, 0.717) is 25.9 Å². The van der Waals surface area contributed by atoms with Crippen LogP contribution in [0, 0.1) is 0 Å². The van der Waals surface area contributed by atoms with Crippen LogP contribution in [0.3, 0.4) is 0 Å². The van der Waals surface area contributed by atoms with E-state index < -0.39 is 10.0 Å².